The standard InChI is InChI=1S/C11H9IN2O3/c12-8-3-1-7(2-4-8)9(15)6-14-10(16)5-13-11(14)17/h1-4H,5-6H2,(H,13,17). The Bertz CT molecular complexity index is 468. The van der Waals surface area contributed by atoms with Gasteiger partial charge in [-0.2, -0.15) is 0 Å². The lowest BCUT2D eigenvalue weighted by Crippen LogP contribution is -2.35. The molecule has 1 saturated heterocycles. The maximum atomic E-state index is 11.8. The quantitative estimate of drug-likeness (QED) is 0.506. The van der Waals surface area contributed by atoms with Gasteiger partial charge in [0.2, 0.25) is 5.91 Å². The summed E-state index contributed by atoms with van der Waals surface area (Å²) in [5.41, 5.74) is 0.498. The van der Waals surface area contributed by atoms with E-state index in [4.69, 9.17) is 0 Å². The summed E-state index contributed by atoms with van der Waals surface area (Å²) in [4.78, 5) is 35.3. The largest absolute Gasteiger partial charge is 0.329 e. The molecule has 1 heterocycles. The van der Waals surface area contributed by atoms with Crippen molar-refractivity contribution in [3.63, 3.8) is 0 Å². The first kappa shape index (κ1) is 12.0. The zero-order chi connectivity index (χ0) is 12.4. The number of nitrogens with one attached hydrogen (secondary N) is 1. The molecule has 0 aliphatic carbocycles. The summed E-state index contributed by atoms with van der Waals surface area (Å²) in [6.45, 7) is -0.232. The van der Waals surface area contributed by atoms with E-state index in [2.05, 4.69) is 27.9 Å². The number of nitrogens with zero attached hydrogens (tertiary/aromatic N) is 1. The molecule has 0 bridgehead atoms. The van der Waals surface area contributed by atoms with Crippen LogP contribution in [0.15, 0.2) is 24.3 Å². The van der Waals surface area contributed by atoms with Crippen LogP contribution in [0.4, 0.5) is 4.79 Å². The van der Waals surface area contributed by atoms with Crippen molar-refractivity contribution in [1.29, 1.82) is 0 Å². The number of amides is 3. The first-order chi connectivity index (χ1) is 8.08. The Hall–Kier alpha value is -1.44. The van der Waals surface area contributed by atoms with Gasteiger partial charge in [-0.05, 0) is 34.7 Å². The number of hydrogen-bond donors (Lipinski definition) is 1. The van der Waals surface area contributed by atoms with Crippen molar-refractivity contribution in [2.45, 2.75) is 0 Å². The Labute approximate surface area is 111 Å². The molecule has 1 aliphatic heterocycles. The lowest BCUT2D eigenvalue weighted by molar-refractivity contribution is -0.124. The van der Waals surface area contributed by atoms with Crippen molar-refractivity contribution in [2.24, 2.45) is 0 Å². The highest BCUT2D eigenvalue weighted by atomic mass is 127. The molecule has 0 unspecified atom stereocenters. The minimum Gasteiger partial charge on any atom is -0.329 e. The molecule has 0 atom stereocenters. The van der Waals surface area contributed by atoms with E-state index in [9.17, 15) is 14.4 Å². The van der Waals surface area contributed by atoms with Crippen molar-refractivity contribution in [2.75, 3.05) is 13.1 Å². The monoisotopic (exact) mass is 344 g/mol. The van der Waals surface area contributed by atoms with Crippen LogP contribution in [0, 0.1) is 3.57 Å². The fourth-order valence-electron chi connectivity index (χ4n) is 1.49. The molecule has 1 aromatic carbocycles. The highest BCUT2D eigenvalue weighted by Gasteiger charge is 2.30. The third kappa shape index (κ3) is 2.63. The maximum Gasteiger partial charge on any atom is 0.325 e. The molecular weight excluding hydrogens is 335 g/mol. The van der Waals surface area contributed by atoms with Crippen LogP contribution in [-0.4, -0.2) is 35.7 Å². The van der Waals surface area contributed by atoms with Gasteiger partial charge in [0.05, 0.1) is 13.1 Å². The average Bonchev–Trinajstić information content (AvgIpc) is 2.61. The number of imide groups is 1. The smallest absolute Gasteiger partial charge is 0.325 e. The van der Waals surface area contributed by atoms with Crippen LogP contribution in [0.2, 0.25) is 0 Å². The van der Waals surface area contributed by atoms with Gasteiger partial charge in [0.15, 0.2) is 5.78 Å². The molecule has 1 fully saturated rings. The van der Waals surface area contributed by atoms with Gasteiger partial charge in [-0.3, -0.25) is 14.5 Å². The van der Waals surface area contributed by atoms with E-state index in [0.717, 1.165) is 8.47 Å². The van der Waals surface area contributed by atoms with Gasteiger partial charge in [-0.25, -0.2) is 4.79 Å². The second kappa shape index (κ2) is 4.82. The fraction of sp³-hybridized carbons (Fsp3) is 0.182. The summed E-state index contributed by atoms with van der Waals surface area (Å²) in [7, 11) is 0. The van der Waals surface area contributed by atoms with Gasteiger partial charge in [-0.15, -0.1) is 0 Å². The fourth-order valence-corrected chi connectivity index (χ4v) is 1.85. The Balaban J connectivity index is 2.09. The third-order valence-corrected chi connectivity index (χ3v) is 3.12. The number of carbonyl (C=O) groups excluding carboxylic acids is 3. The zero-order valence-electron chi connectivity index (χ0n) is 8.77. The first-order valence-electron chi connectivity index (χ1n) is 4.95. The molecule has 1 aliphatic rings. The number of rotatable bonds is 3. The summed E-state index contributed by atoms with van der Waals surface area (Å²) < 4.78 is 1.02. The van der Waals surface area contributed by atoms with Crippen molar-refractivity contribution >= 4 is 40.3 Å². The summed E-state index contributed by atoms with van der Waals surface area (Å²) in [5.74, 6) is -0.610. The molecule has 1 N–H and O–H groups in total. The molecule has 17 heavy (non-hydrogen) atoms. The van der Waals surface area contributed by atoms with Crippen LogP contribution in [0.1, 0.15) is 10.4 Å². The Morgan fingerprint density at radius 3 is 2.47 bits per heavy atom. The van der Waals surface area contributed by atoms with Crippen LogP contribution in [0.3, 0.4) is 0 Å². The summed E-state index contributed by atoms with van der Waals surface area (Å²) in [5, 5.41) is 2.37. The van der Waals surface area contributed by atoms with Gasteiger partial charge in [0.1, 0.15) is 0 Å². The number of ketones is 1. The van der Waals surface area contributed by atoms with Crippen LogP contribution < -0.4 is 5.32 Å². The number of Topliss-reactive ketones (excluding diaryl/α,β-unsaturated/α-hetero) is 1. The van der Waals surface area contributed by atoms with Crippen LogP contribution in [0.25, 0.3) is 0 Å². The molecule has 0 aromatic heterocycles. The predicted molar refractivity (Wildman–Crippen MR) is 68.6 cm³/mol. The van der Waals surface area contributed by atoms with Gasteiger partial charge >= 0.3 is 6.03 Å². The van der Waals surface area contributed by atoms with E-state index < -0.39 is 6.03 Å². The first-order valence-corrected chi connectivity index (χ1v) is 6.03. The normalized spacial score (nSPS) is 15.0. The number of halogens is 1. The van der Waals surface area contributed by atoms with Crippen LogP contribution in [-0.2, 0) is 4.79 Å². The summed E-state index contributed by atoms with van der Waals surface area (Å²) in [6, 6.07) is 6.47. The lowest BCUT2D eigenvalue weighted by Gasteiger charge is -2.10. The average molecular weight is 344 g/mol. The second-order valence-electron chi connectivity index (χ2n) is 3.57. The zero-order valence-corrected chi connectivity index (χ0v) is 10.9. The molecule has 88 valence electrons. The van der Waals surface area contributed by atoms with E-state index in [1.54, 1.807) is 24.3 Å². The predicted octanol–water partition coefficient (Wildman–Crippen LogP) is 1.03. The molecule has 0 radical (unpaired) electrons. The summed E-state index contributed by atoms with van der Waals surface area (Å²) in [6.07, 6.45) is 0. The van der Waals surface area contributed by atoms with E-state index >= 15 is 0 Å². The second-order valence-corrected chi connectivity index (χ2v) is 4.81. The van der Waals surface area contributed by atoms with Crippen molar-refractivity contribution in [3.05, 3.63) is 33.4 Å². The number of carbonyl (C=O) groups is 3. The minimum absolute atomic E-state index is 0.0290. The SMILES string of the molecule is O=C(CN1C(=O)CNC1=O)c1ccc(I)cc1. The molecule has 5 nitrogen and oxygen atoms in total. The topological polar surface area (TPSA) is 66.5 Å². The van der Waals surface area contributed by atoms with Gasteiger partial charge in [-0.1, -0.05) is 12.1 Å². The van der Waals surface area contributed by atoms with Crippen molar-refractivity contribution < 1.29 is 14.4 Å². The Morgan fingerprint density at radius 2 is 1.94 bits per heavy atom. The molecule has 3 amide bonds. The van der Waals surface area contributed by atoms with Gasteiger partial charge in [0.25, 0.3) is 0 Å². The number of hydrogen-bond acceptors (Lipinski definition) is 3. The highest BCUT2D eigenvalue weighted by molar-refractivity contribution is 14.1. The Morgan fingerprint density at radius 1 is 1.29 bits per heavy atom. The number of benzene rings is 1. The molecule has 1 aromatic rings. The molecule has 2 rings (SSSR count). The van der Waals surface area contributed by atoms with E-state index in [-0.39, 0.29) is 24.8 Å². The third-order valence-electron chi connectivity index (χ3n) is 2.40. The van der Waals surface area contributed by atoms with E-state index in [0.29, 0.717) is 5.56 Å². The number of urea groups is 1. The molecule has 0 spiro atoms. The summed E-state index contributed by atoms with van der Waals surface area (Å²) >= 11 is 2.14. The van der Waals surface area contributed by atoms with Gasteiger partial charge in [0, 0.05) is 9.13 Å². The Kier molecular flexibility index (Phi) is 3.41. The lowest BCUT2D eigenvalue weighted by atomic mass is 10.1. The van der Waals surface area contributed by atoms with Crippen LogP contribution in [0.5, 0.6) is 0 Å². The molecule has 0 saturated carbocycles. The van der Waals surface area contributed by atoms with E-state index in [1.807, 2.05) is 0 Å². The molecular formula is C11H9IN2O3. The maximum absolute atomic E-state index is 11.8. The van der Waals surface area contributed by atoms with Crippen LogP contribution >= 0.6 is 22.6 Å². The molecule has 6 heteroatoms. The van der Waals surface area contributed by atoms with Gasteiger partial charge < -0.3 is 5.32 Å². The van der Waals surface area contributed by atoms with E-state index in [1.165, 1.54) is 0 Å². The van der Waals surface area contributed by atoms with Crippen molar-refractivity contribution in [3.8, 4) is 0 Å². The minimum atomic E-state index is -0.506. The van der Waals surface area contributed by atoms with Crippen molar-refractivity contribution in [1.82, 2.24) is 10.2 Å². The highest BCUT2D eigenvalue weighted by Crippen LogP contribution is 2.09.